The normalized spacial score (nSPS) is 13.2. The molecule has 0 bridgehead atoms. The zero-order chi connectivity index (χ0) is 21.5. The Morgan fingerprint density at radius 2 is 1.55 bits per heavy atom. The fraction of sp³-hybridized carbons (Fsp3) is 0.200. The molecule has 31 heavy (non-hydrogen) atoms. The minimum Gasteiger partial charge on any atom is -0.489 e. The lowest BCUT2D eigenvalue weighted by molar-refractivity contribution is -0.118. The van der Waals surface area contributed by atoms with Crippen molar-refractivity contribution in [3.05, 3.63) is 84.4 Å². The minimum absolute atomic E-state index is 0.103. The summed E-state index contributed by atoms with van der Waals surface area (Å²) in [4.78, 5) is 25.8. The molecule has 1 N–H and O–H groups in total. The number of benzene rings is 3. The van der Waals surface area contributed by atoms with Gasteiger partial charge in [0.05, 0.1) is 0 Å². The van der Waals surface area contributed by atoms with Crippen LogP contribution in [0.3, 0.4) is 0 Å². The molecule has 1 aliphatic heterocycles. The molecule has 0 saturated carbocycles. The van der Waals surface area contributed by atoms with Gasteiger partial charge in [-0.05, 0) is 60.5 Å². The molecule has 0 radical (unpaired) electrons. The SMILES string of the molecule is O=C(COc1ccc(N2CCCC2=O)cc1)Nc1ccc(OCc2ccccc2)cc1. The largest absolute Gasteiger partial charge is 0.489 e. The molecular weight excluding hydrogens is 392 g/mol. The molecule has 3 aromatic rings. The number of hydrogen-bond donors (Lipinski definition) is 1. The Labute approximate surface area is 181 Å². The van der Waals surface area contributed by atoms with Crippen molar-refractivity contribution in [1.29, 1.82) is 0 Å². The Morgan fingerprint density at radius 3 is 2.23 bits per heavy atom. The molecule has 6 heteroatoms. The summed E-state index contributed by atoms with van der Waals surface area (Å²) in [7, 11) is 0. The maximum atomic E-state index is 12.2. The van der Waals surface area contributed by atoms with E-state index in [0.717, 1.165) is 30.0 Å². The monoisotopic (exact) mass is 416 g/mol. The van der Waals surface area contributed by atoms with Crippen LogP contribution in [0.5, 0.6) is 11.5 Å². The van der Waals surface area contributed by atoms with Gasteiger partial charge in [0.15, 0.2) is 6.61 Å². The van der Waals surface area contributed by atoms with E-state index in [2.05, 4.69) is 5.32 Å². The summed E-state index contributed by atoms with van der Waals surface area (Å²) in [5.74, 6) is 1.20. The summed E-state index contributed by atoms with van der Waals surface area (Å²) in [5, 5.41) is 2.80. The zero-order valence-electron chi connectivity index (χ0n) is 17.1. The number of anilines is 2. The highest BCUT2D eigenvalue weighted by molar-refractivity contribution is 5.95. The molecule has 4 rings (SSSR count). The van der Waals surface area contributed by atoms with Gasteiger partial charge in [-0.15, -0.1) is 0 Å². The third kappa shape index (κ3) is 5.63. The average molecular weight is 416 g/mol. The summed E-state index contributed by atoms with van der Waals surface area (Å²) in [6.45, 7) is 1.14. The molecule has 2 amide bonds. The van der Waals surface area contributed by atoms with Gasteiger partial charge in [-0.1, -0.05) is 30.3 Å². The third-order valence-corrected chi connectivity index (χ3v) is 4.98. The minimum atomic E-state index is -0.253. The van der Waals surface area contributed by atoms with Crippen LogP contribution in [0.1, 0.15) is 18.4 Å². The highest BCUT2D eigenvalue weighted by Gasteiger charge is 2.21. The lowest BCUT2D eigenvalue weighted by atomic mass is 10.2. The first kappa shape index (κ1) is 20.5. The van der Waals surface area contributed by atoms with Gasteiger partial charge in [0.2, 0.25) is 5.91 Å². The topological polar surface area (TPSA) is 67.9 Å². The molecule has 1 aliphatic rings. The molecule has 158 valence electrons. The Balaban J connectivity index is 1.22. The maximum Gasteiger partial charge on any atom is 0.262 e. The summed E-state index contributed by atoms with van der Waals surface area (Å²) in [6.07, 6.45) is 1.48. The van der Waals surface area contributed by atoms with Crippen LogP contribution < -0.4 is 19.7 Å². The van der Waals surface area contributed by atoms with Crippen LogP contribution in [-0.2, 0) is 16.2 Å². The first-order valence-corrected chi connectivity index (χ1v) is 10.3. The number of carbonyl (C=O) groups excluding carboxylic acids is 2. The highest BCUT2D eigenvalue weighted by atomic mass is 16.5. The molecule has 0 unspecified atom stereocenters. The second kappa shape index (κ2) is 9.80. The average Bonchev–Trinajstić information content (AvgIpc) is 3.24. The van der Waals surface area contributed by atoms with Crippen LogP contribution in [0.15, 0.2) is 78.9 Å². The van der Waals surface area contributed by atoms with Gasteiger partial charge in [0.25, 0.3) is 5.91 Å². The van der Waals surface area contributed by atoms with Crippen LogP contribution in [0.4, 0.5) is 11.4 Å². The van der Waals surface area contributed by atoms with Gasteiger partial charge in [-0.2, -0.15) is 0 Å². The summed E-state index contributed by atoms with van der Waals surface area (Å²) < 4.78 is 11.3. The van der Waals surface area contributed by atoms with Gasteiger partial charge in [-0.25, -0.2) is 0 Å². The van der Waals surface area contributed by atoms with Crippen molar-refractivity contribution in [3.8, 4) is 11.5 Å². The molecule has 1 saturated heterocycles. The first-order chi connectivity index (χ1) is 15.2. The van der Waals surface area contributed by atoms with Crippen molar-refractivity contribution in [3.63, 3.8) is 0 Å². The number of nitrogens with zero attached hydrogens (tertiary/aromatic N) is 1. The molecule has 0 atom stereocenters. The zero-order valence-corrected chi connectivity index (χ0v) is 17.1. The van der Waals surface area contributed by atoms with Crippen molar-refractivity contribution < 1.29 is 19.1 Å². The molecule has 1 heterocycles. The van der Waals surface area contributed by atoms with Gasteiger partial charge >= 0.3 is 0 Å². The van der Waals surface area contributed by atoms with Crippen molar-refractivity contribution in [2.45, 2.75) is 19.4 Å². The van der Waals surface area contributed by atoms with Crippen LogP contribution in [-0.4, -0.2) is 25.0 Å². The second-order valence-corrected chi connectivity index (χ2v) is 7.28. The molecule has 0 spiro atoms. The number of hydrogen-bond acceptors (Lipinski definition) is 4. The van der Waals surface area contributed by atoms with E-state index in [1.54, 1.807) is 29.2 Å². The Kier molecular flexibility index (Phi) is 6.47. The van der Waals surface area contributed by atoms with Crippen molar-refractivity contribution in [2.75, 3.05) is 23.4 Å². The van der Waals surface area contributed by atoms with Crippen LogP contribution in [0.2, 0.25) is 0 Å². The molecular formula is C25H24N2O4. The van der Waals surface area contributed by atoms with Crippen molar-refractivity contribution >= 4 is 23.2 Å². The molecule has 0 aliphatic carbocycles. The van der Waals surface area contributed by atoms with Gasteiger partial charge in [0, 0.05) is 24.3 Å². The second-order valence-electron chi connectivity index (χ2n) is 7.28. The van der Waals surface area contributed by atoms with E-state index >= 15 is 0 Å². The highest BCUT2D eigenvalue weighted by Crippen LogP contribution is 2.24. The first-order valence-electron chi connectivity index (χ1n) is 10.3. The Morgan fingerprint density at radius 1 is 0.871 bits per heavy atom. The Bertz CT molecular complexity index is 1020. The van der Waals surface area contributed by atoms with Crippen LogP contribution >= 0.6 is 0 Å². The van der Waals surface area contributed by atoms with Crippen LogP contribution in [0, 0.1) is 0 Å². The van der Waals surface area contributed by atoms with E-state index in [1.807, 2.05) is 54.6 Å². The number of amides is 2. The van der Waals surface area contributed by atoms with Crippen molar-refractivity contribution in [2.24, 2.45) is 0 Å². The van der Waals surface area contributed by atoms with E-state index in [9.17, 15) is 9.59 Å². The molecule has 6 nitrogen and oxygen atoms in total. The predicted octanol–water partition coefficient (Wildman–Crippen LogP) is 4.41. The predicted molar refractivity (Wildman–Crippen MR) is 119 cm³/mol. The van der Waals surface area contributed by atoms with Crippen LogP contribution in [0.25, 0.3) is 0 Å². The summed E-state index contributed by atoms with van der Waals surface area (Å²) >= 11 is 0. The van der Waals surface area contributed by atoms with E-state index < -0.39 is 0 Å². The summed E-state index contributed by atoms with van der Waals surface area (Å²) in [6, 6.07) is 24.4. The Hall–Kier alpha value is -3.80. The van der Waals surface area contributed by atoms with Crippen molar-refractivity contribution in [1.82, 2.24) is 0 Å². The van der Waals surface area contributed by atoms with E-state index in [0.29, 0.717) is 24.5 Å². The van der Waals surface area contributed by atoms with Gasteiger partial charge in [-0.3, -0.25) is 9.59 Å². The van der Waals surface area contributed by atoms with Gasteiger partial charge < -0.3 is 19.7 Å². The number of nitrogens with one attached hydrogen (secondary N) is 1. The van der Waals surface area contributed by atoms with Gasteiger partial charge in [0.1, 0.15) is 18.1 Å². The number of rotatable bonds is 8. The standard InChI is InChI=1S/C25H24N2O4/c28-24(18-31-23-14-10-21(11-15-23)27-16-4-7-25(27)29)26-20-8-12-22(13-9-20)30-17-19-5-2-1-3-6-19/h1-3,5-6,8-15H,4,7,16-18H2,(H,26,28). The fourth-order valence-electron chi connectivity index (χ4n) is 3.36. The lowest BCUT2D eigenvalue weighted by Crippen LogP contribution is -2.23. The van der Waals surface area contributed by atoms with E-state index in [4.69, 9.17) is 9.47 Å². The lowest BCUT2D eigenvalue weighted by Gasteiger charge is -2.16. The smallest absolute Gasteiger partial charge is 0.262 e. The molecule has 3 aromatic carbocycles. The molecule has 0 aromatic heterocycles. The number of ether oxygens (including phenoxy) is 2. The maximum absolute atomic E-state index is 12.2. The molecule has 1 fully saturated rings. The van der Waals surface area contributed by atoms with E-state index in [1.165, 1.54) is 0 Å². The van der Waals surface area contributed by atoms with E-state index in [-0.39, 0.29) is 18.4 Å². The fourth-order valence-corrected chi connectivity index (χ4v) is 3.36. The number of carbonyl (C=O) groups is 2. The summed E-state index contributed by atoms with van der Waals surface area (Å²) in [5.41, 5.74) is 2.62. The third-order valence-electron chi connectivity index (χ3n) is 4.98. The quantitative estimate of drug-likeness (QED) is 0.591.